The van der Waals surface area contributed by atoms with Crippen molar-refractivity contribution in [1.82, 2.24) is 19.7 Å². The number of hydrogen-bond donors (Lipinski definition) is 3. The van der Waals surface area contributed by atoms with Gasteiger partial charge in [-0.3, -0.25) is 10.4 Å². The molecule has 0 bridgehead atoms. The Kier molecular flexibility index (Phi) is 6.66. The van der Waals surface area contributed by atoms with E-state index in [-0.39, 0.29) is 6.10 Å². The number of nitrogens with zero attached hydrogens (tertiary/aromatic N) is 3. The lowest BCUT2D eigenvalue weighted by molar-refractivity contribution is 0.108. The predicted octanol–water partition coefficient (Wildman–Crippen LogP) is 6.09. The molecule has 9 heteroatoms. The number of aromatic nitrogens is 4. The van der Waals surface area contributed by atoms with Crippen LogP contribution in [-0.2, 0) is 11.2 Å². The van der Waals surface area contributed by atoms with Crippen molar-refractivity contribution in [2.75, 3.05) is 17.7 Å². The molecule has 0 spiro atoms. The lowest BCUT2D eigenvalue weighted by atomic mass is 9.92. The molecule has 2 heterocycles. The third-order valence-electron chi connectivity index (χ3n) is 7.73. The topological polar surface area (TPSA) is 120 Å². The number of aromatic amines is 1. The van der Waals surface area contributed by atoms with Crippen molar-refractivity contribution in [2.24, 2.45) is 5.92 Å². The number of nitrogens with one attached hydrogen (secondary N) is 2. The fraction of sp³-hybridized carbons (Fsp3) is 0.414. The van der Waals surface area contributed by atoms with Crippen LogP contribution in [0.15, 0.2) is 48.8 Å². The monoisotopic (exact) mass is 514 g/mol. The number of H-pyrrole nitrogens is 1. The molecule has 1 atom stereocenters. The SMILES string of the molecule is CC(OC(=O)Nc1ccc(-c2c(N)c3ccc(OCCCc4ncn[nH]4)cc3n2C2CCC2)cc1)C1CC1. The van der Waals surface area contributed by atoms with Gasteiger partial charge in [-0.1, -0.05) is 12.1 Å². The second kappa shape index (κ2) is 10.4. The van der Waals surface area contributed by atoms with Crippen LogP contribution in [0.2, 0.25) is 0 Å². The zero-order valence-electron chi connectivity index (χ0n) is 21.7. The number of carbonyl (C=O) groups excluding carboxylic acids is 1. The van der Waals surface area contributed by atoms with Gasteiger partial charge in [0.05, 0.1) is 23.5 Å². The summed E-state index contributed by atoms with van der Waals surface area (Å²) in [4.78, 5) is 16.4. The highest BCUT2D eigenvalue weighted by Gasteiger charge is 2.31. The molecule has 38 heavy (non-hydrogen) atoms. The fourth-order valence-electron chi connectivity index (χ4n) is 5.20. The Hall–Kier alpha value is -4.01. The van der Waals surface area contributed by atoms with Crippen molar-refractivity contribution in [3.63, 3.8) is 0 Å². The maximum absolute atomic E-state index is 12.3. The van der Waals surface area contributed by atoms with Gasteiger partial charge in [-0.15, -0.1) is 0 Å². The van der Waals surface area contributed by atoms with E-state index in [9.17, 15) is 4.79 Å². The van der Waals surface area contributed by atoms with Crippen LogP contribution < -0.4 is 15.8 Å². The number of fused-ring (bicyclic) bond motifs is 1. The van der Waals surface area contributed by atoms with Crippen molar-refractivity contribution in [3.05, 3.63) is 54.6 Å². The lowest BCUT2D eigenvalue weighted by Gasteiger charge is -2.30. The first kappa shape index (κ1) is 24.3. The molecule has 2 aromatic heterocycles. The van der Waals surface area contributed by atoms with Crippen molar-refractivity contribution in [3.8, 4) is 17.0 Å². The largest absolute Gasteiger partial charge is 0.494 e. The van der Waals surface area contributed by atoms with Gasteiger partial charge in [-0.2, -0.15) is 5.10 Å². The van der Waals surface area contributed by atoms with E-state index >= 15 is 0 Å². The number of carbonyl (C=O) groups is 1. The first-order chi connectivity index (χ1) is 18.6. The van der Waals surface area contributed by atoms with Crippen LogP contribution in [0.3, 0.4) is 0 Å². The average Bonchev–Trinajstić information content (AvgIpc) is 3.54. The minimum absolute atomic E-state index is 0.0468. The van der Waals surface area contributed by atoms with Crippen LogP contribution in [0, 0.1) is 5.92 Å². The Morgan fingerprint density at radius 3 is 2.68 bits per heavy atom. The fourth-order valence-corrected chi connectivity index (χ4v) is 5.20. The average molecular weight is 515 g/mol. The summed E-state index contributed by atoms with van der Waals surface area (Å²) in [6, 6.07) is 14.4. The highest BCUT2D eigenvalue weighted by Crippen LogP contribution is 2.45. The number of amides is 1. The van der Waals surface area contributed by atoms with Crippen LogP contribution in [0.4, 0.5) is 16.2 Å². The Morgan fingerprint density at radius 1 is 1.18 bits per heavy atom. The van der Waals surface area contributed by atoms with Crippen LogP contribution in [0.25, 0.3) is 22.2 Å². The summed E-state index contributed by atoms with van der Waals surface area (Å²) in [5.74, 6) is 2.20. The van der Waals surface area contributed by atoms with E-state index in [1.807, 2.05) is 37.3 Å². The molecule has 9 nitrogen and oxygen atoms in total. The first-order valence-corrected chi connectivity index (χ1v) is 13.6. The Balaban J connectivity index is 1.21. The van der Waals surface area contributed by atoms with Gasteiger partial charge in [0.2, 0.25) is 0 Å². The second-order valence-corrected chi connectivity index (χ2v) is 10.4. The molecular weight excluding hydrogens is 480 g/mol. The number of anilines is 2. The van der Waals surface area contributed by atoms with Crippen molar-refractivity contribution in [1.29, 1.82) is 0 Å². The zero-order valence-corrected chi connectivity index (χ0v) is 21.7. The van der Waals surface area contributed by atoms with E-state index in [1.54, 1.807) is 0 Å². The van der Waals surface area contributed by atoms with Gasteiger partial charge in [-0.25, -0.2) is 9.78 Å². The molecule has 198 valence electrons. The van der Waals surface area contributed by atoms with E-state index in [2.05, 4.69) is 37.2 Å². The molecule has 1 unspecified atom stereocenters. The summed E-state index contributed by atoms with van der Waals surface area (Å²) < 4.78 is 14.0. The minimum Gasteiger partial charge on any atom is -0.494 e. The van der Waals surface area contributed by atoms with Crippen LogP contribution in [0.1, 0.15) is 57.3 Å². The molecule has 0 radical (unpaired) electrons. The molecular formula is C29H34N6O3. The van der Waals surface area contributed by atoms with Crippen LogP contribution >= 0.6 is 0 Å². The first-order valence-electron chi connectivity index (χ1n) is 13.6. The zero-order chi connectivity index (χ0) is 26.1. The lowest BCUT2D eigenvalue weighted by Crippen LogP contribution is -2.21. The minimum atomic E-state index is -0.409. The summed E-state index contributed by atoms with van der Waals surface area (Å²) in [6.07, 6.45) is 8.45. The Morgan fingerprint density at radius 2 is 2.00 bits per heavy atom. The van der Waals surface area contributed by atoms with Gasteiger partial charge in [0, 0.05) is 35.2 Å². The Labute approximate surface area is 221 Å². The van der Waals surface area contributed by atoms with Crippen molar-refractivity contribution >= 4 is 28.4 Å². The van der Waals surface area contributed by atoms with Gasteiger partial charge in [-0.05, 0) is 75.6 Å². The van der Waals surface area contributed by atoms with E-state index in [0.29, 0.717) is 24.3 Å². The standard InChI is InChI=1S/C29H34N6O3/c1-18(19-7-8-19)38-29(36)33-21-11-9-20(10-12-21)28-27(30)24-14-13-23(16-25(24)35(28)22-4-2-5-22)37-15-3-6-26-31-17-32-34-26/h9-14,16-19,22H,2-8,15,30H2,1H3,(H,33,36)(H,31,32,34). The van der Waals surface area contributed by atoms with Gasteiger partial charge in [0.1, 0.15) is 24.0 Å². The predicted molar refractivity (Wildman–Crippen MR) is 147 cm³/mol. The van der Waals surface area contributed by atoms with Gasteiger partial charge in [0.15, 0.2) is 0 Å². The van der Waals surface area contributed by atoms with Gasteiger partial charge >= 0.3 is 6.09 Å². The smallest absolute Gasteiger partial charge is 0.411 e. The summed E-state index contributed by atoms with van der Waals surface area (Å²) in [5, 5.41) is 10.6. The van der Waals surface area contributed by atoms with E-state index in [0.717, 1.165) is 77.9 Å². The van der Waals surface area contributed by atoms with Crippen LogP contribution in [-0.4, -0.2) is 38.6 Å². The summed E-state index contributed by atoms with van der Waals surface area (Å²) >= 11 is 0. The van der Waals surface area contributed by atoms with Crippen molar-refractivity contribution in [2.45, 2.75) is 64.0 Å². The van der Waals surface area contributed by atoms with Crippen molar-refractivity contribution < 1.29 is 14.3 Å². The van der Waals surface area contributed by atoms with Gasteiger partial charge in [0.25, 0.3) is 0 Å². The number of nitrogens with two attached hydrogens (primary N) is 1. The maximum atomic E-state index is 12.3. The number of benzene rings is 2. The molecule has 6 rings (SSSR count). The molecule has 4 N–H and O–H groups in total. The number of ether oxygens (including phenoxy) is 2. The molecule has 2 aliphatic carbocycles. The summed E-state index contributed by atoms with van der Waals surface area (Å²) in [5.41, 5.74) is 11.4. The summed E-state index contributed by atoms with van der Waals surface area (Å²) in [7, 11) is 0. The molecule has 2 saturated carbocycles. The highest BCUT2D eigenvalue weighted by molar-refractivity contribution is 6.01. The molecule has 2 fully saturated rings. The molecule has 4 aromatic rings. The number of nitrogen functional groups attached to an aromatic ring is 1. The van der Waals surface area contributed by atoms with Crippen LogP contribution in [0.5, 0.6) is 5.75 Å². The Bertz CT molecular complexity index is 1400. The normalized spacial score (nSPS) is 16.2. The number of rotatable bonds is 10. The molecule has 2 aliphatic rings. The molecule has 0 saturated heterocycles. The second-order valence-electron chi connectivity index (χ2n) is 10.4. The van der Waals surface area contributed by atoms with E-state index < -0.39 is 6.09 Å². The molecule has 0 aliphatic heterocycles. The molecule has 2 aromatic carbocycles. The van der Waals surface area contributed by atoms with E-state index in [4.69, 9.17) is 15.2 Å². The van der Waals surface area contributed by atoms with Gasteiger partial charge < -0.3 is 19.8 Å². The van der Waals surface area contributed by atoms with E-state index in [1.165, 1.54) is 12.7 Å². The summed E-state index contributed by atoms with van der Waals surface area (Å²) in [6.45, 7) is 2.55. The third kappa shape index (κ3) is 5.05. The maximum Gasteiger partial charge on any atom is 0.411 e. The molecule has 1 amide bonds. The number of aryl methyl sites for hydroxylation is 1. The third-order valence-corrected chi connectivity index (χ3v) is 7.73. The highest BCUT2D eigenvalue weighted by atomic mass is 16.6. The quantitative estimate of drug-likeness (QED) is 0.220. The number of hydrogen-bond acceptors (Lipinski definition) is 6.